The zero-order chi connectivity index (χ0) is 38.3. The van der Waals surface area contributed by atoms with E-state index in [0.717, 1.165) is 19.3 Å². The number of rotatable bonds is 6. The summed E-state index contributed by atoms with van der Waals surface area (Å²) in [6.07, 6.45) is 0.937. The van der Waals surface area contributed by atoms with Crippen molar-refractivity contribution in [3.63, 3.8) is 0 Å². The van der Waals surface area contributed by atoms with Gasteiger partial charge < -0.3 is 33.9 Å². The SMILES string of the molecule is CC(=O)OC[C@]12CC=C(C)[C@@H](C)[C@@H]1[C@H]1C[C@@H](OC(C)=O)[C@@H]3[C@@]4(C)CCC(=O)C(C)(C)[C@@H]4[C@@H](O[C@@H]4OC[C@@H](O)[C@H](O)[C@H]4OC(C)=O)C[C@@]3(C)[C@]1(C)CC2. The number of ether oxygens (including phenoxy) is 5. The molecule has 0 spiro atoms. The number of fused-ring (bicyclic) bond motifs is 7. The van der Waals surface area contributed by atoms with Gasteiger partial charge in [0.05, 0.1) is 19.3 Å². The van der Waals surface area contributed by atoms with Crippen molar-refractivity contribution < 1.29 is 53.1 Å². The van der Waals surface area contributed by atoms with E-state index in [0.29, 0.717) is 32.3 Å². The van der Waals surface area contributed by atoms with Crippen molar-refractivity contribution in [2.24, 2.45) is 56.7 Å². The van der Waals surface area contributed by atoms with Gasteiger partial charge in [0, 0.05) is 49.9 Å². The minimum atomic E-state index is -1.42. The Kier molecular flexibility index (Phi) is 10.2. The van der Waals surface area contributed by atoms with Gasteiger partial charge >= 0.3 is 17.9 Å². The monoisotopic (exact) mass is 730 g/mol. The van der Waals surface area contributed by atoms with Crippen LogP contribution < -0.4 is 0 Å². The number of aliphatic hydroxyl groups is 2. The molecule has 0 aromatic rings. The van der Waals surface area contributed by atoms with Crippen LogP contribution in [0.3, 0.4) is 0 Å². The van der Waals surface area contributed by atoms with E-state index in [4.69, 9.17) is 23.7 Å². The molecule has 52 heavy (non-hydrogen) atoms. The molecule has 5 fully saturated rings. The normalized spacial score (nSPS) is 48.1. The van der Waals surface area contributed by atoms with Gasteiger partial charge in [0.1, 0.15) is 24.1 Å². The maximum absolute atomic E-state index is 13.9. The second-order valence-corrected chi connectivity index (χ2v) is 18.8. The van der Waals surface area contributed by atoms with Gasteiger partial charge in [0.25, 0.3) is 0 Å². The first-order chi connectivity index (χ1) is 24.1. The first-order valence-electron chi connectivity index (χ1n) is 19.4. The van der Waals surface area contributed by atoms with Gasteiger partial charge in [-0.15, -0.1) is 0 Å². The lowest BCUT2D eigenvalue weighted by atomic mass is 9.30. The zero-order valence-corrected chi connectivity index (χ0v) is 32.9. The lowest BCUT2D eigenvalue weighted by Crippen LogP contribution is -2.73. The number of carbonyl (C=O) groups is 4. The highest BCUT2D eigenvalue weighted by Crippen LogP contribution is 2.77. The number of hydrogen-bond donors (Lipinski definition) is 2. The van der Waals surface area contributed by atoms with Crippen molar-refractivity contribution in [1.82, 2.24) is 0 Å². The van der Waals surface area contributed by atoms with Crippen molar-refractivity contribution >= 4 is 23.7 Å². The molecule has 11 heteroatoms. The van der Waals surface area contributed by atoms with Crippen LogP contribution in [0.2, 0.25) is 0 Å². The van der Waals surface area contributed by atoms with Crippen LogP contribution in [0.1, 0.15) is 114 Å². The molecule has 1 heterocycles. The van der Waals surface area contributed by atoms with Crippen LogP contribution >= 0.6 is 0 Å². The van der Waals surface area contributed by atoms with E-state index in [-0.39, 0.29) is 64.7 Å². The van der Waals surface area contributed by atoms with E-state index in [1.807, 2.05) is 13.8 Å². The standard InChI is InChI=1S/C41H62O11/c1-21-11-14-41(20-49-23(3)42)16-15-39(9)26(31(41)22(21)2)17-28(50-24(4)43)35-38(8)13-12-30(46)37(6,7)34(38)29(18-40(35,39)10)52-36-33(51-25(5)44)32(47)27(45)19-48-36/h11,22,26-29,31-36,45,47H,12-20H2,1-10H3/t22-,26-,27-,28-,29+,31-,32+,33-,34+,35-,36+,38+,39-,40-,41-/m1/s1. The number of allylic oxidation sites excluding steroid dienone is 2. The van der Waals surface area contributed by atoms with Crippen LogP contribution in [-0.4, -0.2) is 83.9 Å². The average Bonchev–Trinajstić information content (AvgIpc) is 3.04. The van der Waals surface area contributed by atoms with E-state index in [1.54, 1.807) is 0 Å². The van der Waals surface area contributed by atoms with E-state index in [9.17, 15) is 29.4 Å². The van der Waals surface area contributed by atoms with Crippen LogP contribution in [-0.2, 0) is 42.9 Å². The maximum atomic E-state index is 13.9. The van der Waals surface area contributed by atoms with Gasteiger partial charge in [0.2, 0.25) is 0 Å². The minimum absolute atomic E-state index is 0.108. The molecule has 11 nitrogen and oxygen atoms in total. The summed E-state index contributed by atoms with van der Waals surface area (Å²) in [6.45, 7) is 19.8. The Morgan fingerprint density at radius 2 is 1.58 bits per heavy atom. The molecule has 292 valence electrons. The van der Waals surface area contributed by atoms with Gasteiger partial charge in [-0.1, -0.05) is 53.2 Å². The summed E-state index contributed by atoms with van der Waals surface area (Å²) in [5.41, 5.74) is -1.02. The van der Waals surface area contributed by atoms with Crippen molar-refractivity contribution in [3.8, 4) is 0 Å². The Morgan fingerprint density at radius 3 is 2.21 bits per heavy atom. The molecular weight excluding hydrogens is 668 g/mol. The first kappa shape index (κ1) is 39.4. The molecule has 4 saturated carbocycles. The molecule has 0 aromatic heterocycles. The molecule has 1 aliphatic heterocycles. The smallest absolute Gasteiger partial charge is 0.303 e. The summed E-state index contributed by atoms with van der Waals surface area (Å²) in [7, 11) is 0. The highest BCUT2D eigenvalue weighted by molar-refractivity contribution is 5.85. The fourth-order valence-electron chi connectivity index (χ4n) is 13.3. The summed E-state index contributed by atoms with van der Waals surface area (Å²) in [5.74, 6) is -1.07. The van der Waals surface area contributed by atoms with Crippen LogP contribution in [0.5, 0.6) is 0 Å². The van der Waals surface area contributed by atoms with E-state index >= 15 is 0 Å². The van der Waals surface area contributed by atoms with Crippen molar-refractivity contribution in [2.45, 2.75) is 151 Å². The molecule has 0 aromatic carbocycles. The summed E-state index contributed by atoms with van der Waals surface area (Å²) in [4.78, 5) is 51.4. The number of hydrogen-bond acceptors (Lipinski definition) is 11. The Balaban J connectivity index is 1.50. The molecule has 0 amide bonds. The van der Waals surface area contributed by atoms with Crippen molar-refractivity contribution in [2.75, 3.05) is 13.2 Å². The van der Waals surface area contributed by atoms with Gasteiger partial charge in [-0.25, -0.2) is 0 Å². The highest BCUT2D eigenvalue weighted by atomic mass is 16.7. The molecule has 2 N–H and O–H groups in total. The summed E-state index contributed by atoms with van der Waals surface area (Å²) >= 11 is 0. The zero-order valence-electron chi connectivity index (χ0n) is 32.9. The third kappa shape index (κ3) is 5.99. The van der Waals surface area contributed by atoms with Crippen molar-refractivity contribution in [1.29, 1.82) is 0 Å². The Hall–Kier alpha value is -2.34. The Morgan fingerprint density at radius 1 is 0.904 bits per heavy atom. The number of ketones is 1. The van der Waals surface area contributed by atoms with Crippen LogP contribution in [0.25, 0.3) is 0 Å². The van der Waals surface area contributed by atoms with E-state index in [2.05, 4.69) is 40.7 Å². The maximum Gasteiger partial charge on any atom is 0.303 e. The molecule has 5 aliphatic carbocycles. The molecule has 6 aliphatic rings. The summed E-state index contributed by atoms with van der Waals surface area (Å²) in [6, 6.07) is 0. The van der Waals surface area contributed by atoms with Crippen LogP contribution in [0.4, 0.5) is 0 Å². The van der Waals surface area contributed by atoms with Gasteiger partial charge in [0.15, 0.2) is 12.4 Å². The second kappa shape index (κ2) is 13.4. The summed E-state index contributed by atoms with van der Waals surface area (Å²) in [5, 5.41) is 21.5. The van der Waals surface area contributed by atoms with Crippen molar-refractivity contribution in [3.05, 3.63) is 11.6 Å². The minimum Gasteiger partial charge on any atom is -0.465 e. The fraction of sp³-hybridized carbons (Fsp3) is 0.854. The molecule has 15 atom stereocenters. The molecule has 1 saturated heterocycles. The topological polar surface area (TPSA) is 155 Å². The molecule has 0 bridgehead atoms. The number of Topliss-reactive ketones (excluding diaryl/α,β-unsaturated/α-hetero) is 1. The summed E-state index contributed by atoms with van der Waals surface area (Å²) < 4.78 is 30.8. The molecule has 0 unspecified atom stereocenters. The fourth-order valence-corrected chi connectivity index (χ4v) is 13.3. The predicted octanol–water partition coefficient (Wildman–Crippen LogP) is 5.32. The molecule has 0 radical (unpaired) electrons. The number of esters is 3. The quantitative estimate of drug-likeness (QED) is 0.158. The van der Waals surface area contributed by atoms with Gasteiger partial charge in [-0.3, -0.25) is 19.2 Å². The third-order valence-corrected chi connectivity index (χ3v) is 15.8. The highest BCUT2D eigenvalue weighted by Gasteiger charge is 2.75. The Bertz CT molecular complexity index is 1490. The number of carbonyl (C=O) groups excluding carboxylic acids is 4. The van der Waals surface area contributed by atoms with Gasteiger partial charge in [-0.05, 0) is 79.4 Å². The van der Waals surface area contributed by atoms with E-state index in [1.165, 1.54) is 26.3 Å². The molecule has 6 rings (SSSR count). The van der Waals surface area contributed by atoms with Crippen LogP contribution in [0, 0.1) is 56.7 Å². The Labute approximate surface area is 308 Å². The molecular formula is C41H62O11. The van der Waals surface area contributed by atoms with E-state index < -0.39 is 59.0 Å². The third-order valence-electron chi connectivity index (χ3n) is 15.8. The number of aliphatic hydroxyl groups excluding tert-OH is 2. The second-order valence-electron chi connectivity index (χ2n) is 18.8. The first-order valence-corrected chi connectivity index (χ1v) is 19.4. The largest absolute Gasteiger partial charge is 0.465 e. The van der Waals surface area contributed by atoms with Crippen LogP contribution in [0.15, 0.2) is 11.6 Å². The lowest BCUT2D eigenvalue weighted by molar-refractivity contribution is -0.335. The average molecular weight is 731 g/mol. The van der Waals surface area contributed by atoms with Gasteiger partial charge in [-0.2, -0.15) is 0 Å². The lowest BCUT2D eigenvalue weighted by Gasteiger charge is -2.75. The predicted molar refractivity (Wildman–Crippen MR) is 189 cm³/mol.